The van der Waals surface area contributed by atoms with Crippen molar-refractivity contribution in [2.75, 3.05) is 16.6 Å². The minimum atomic E-state index is -4.12. The van der Waals surface area contributed by atoms with E-state index in [4.69, 9.17) is 0 Å². The van der Waals surface area contributed by atoms with Gasteiger partial charge in [-0.05, 0) is 65.4 Å². The number of carbonyl (C=O) groups is 1. The molecule has 43 heavy (non-hydrogen) atoms. The van der Waals surface area contributed by atoms with E-state index in [1.54, 1.807) is 12.1 Å². The van der Waals surface area contributed by atoms with Gasteiger partial charge < -0.3 is 15.5 Å². The minimum Gasteiger partial charge on any atom is -0.504 e. The van der Waals surface area contributed by atoms with E-state index in [1.807, 2.05) is 50.2 Å². The second-order valence-corrected chi connectivity index (χ2v) is 14.1. The van der Waals surface area contributed by atoms with Crippen molar-refractivity contribution < 1.29 is 31.8 Å². The van der Waals surface area contributed by atoms with Gasteiger partial charge in [-0.3, -0.25) is 9.52 Å². The average Bonchev–Trinajstić information content (AvgIpc) is 2.98. The average molecular weight is 622 g/mol. The summed E-state index contributed by atoms with van der Waals surface area (Å²) in [7, 11) is -8.06. The van der Waals surface area contributed by atoms with Crippen molar-refractivity contribution in [3.8, 4) is 11.5 Å². The molecule has 0 aromatic heterocycles. The van der Waals surface area contributed by atoms with Gasteiger partial charge in [-0.25, -0.2) is 16.8 Å². The van der Waals surface area contributed by atoms with E-state index in [-0.39, 0.29) is 34.5 Å². The van der Waals surface area contributed by atoms with Crippen LogP contribution in [0.25, 0.3) is 0 Å². The lowest BCUT2D eigenvalue weighted by Gasteiger charge is -2.28. The quantitative estimate of drug-likeness (QED) is 0.202. The van der Waals surface area contributed by atoms with Crippen LogP contribution < -0.4 is 10.0 Å². The summed E-state index contributed by atoms with van der Waals surface area (Å²) in [4.78, 5) is 12.7. The van der Waals surface area contributed by atoms with Gasteiger partial charge in [-0.1, -0.05) is 56.3 Å². The van der Waals surface area contributed by atoms with Gasteiger partial charge in [0.05, 0.1) is 21.0 Å². The summed E-state index contributed by atoms with van der Waals surface area (Å²) in [6.07, 6.45) is 0.512. The largest absolute Gasteiger partial charge is 0.504 e. The Morgan fingerprint density at radius 1 is 0.837 bits per heavy atom. The van der Waals surface area contributed by atoms with Crippen LogP contribution in [-0.4, -0.2) is 43.8 Å². The molecular formula is C31H31N3O7S2. The maximum atomic E-state index is 13.5. The van der Waals surface area contributed by atoms with E-state index < -0.39 is 43.0 Å². The lowest BCUT2D eigenvalue weighted by Crippen LogP contribution is -2.36. The normalized spacial score (nSPS) is 13.8. The number of phenols is 2. The molecule has 0 saturated carbocycles. The molecule has 1 aliphatic heterocycles. The number of rotatable bonds is 8. The predicted octanol–water partition coefficient (Wildman–Crippen LogP) is 5.02. The third kappa shape index (κ3) is 6.21. The zero-order valence-electron chi connectivity index (χ0n) is 23.5. The Labute approximate surface area is 250 Å². The first kappa shape index (κ1) is 30.1. The molecule has 12 heteroatoms. The summed E-state index contributed by atoms with van der Waals surface area (Å²) in [6.45, 7) is 4.27. The molecule has 0 saturated heterocycles. The number of fused-ring (bicyclic) bond motifs is 1. The Morgan fingerprint density at radius 3 is 2.19 bits per heavy atom. The van der Waals surface area contributed by atoms with Crippen molar-refractivity contribution in [1.29, 1.82) is 0 Å². The van der Waals surface area contributed by atoms with Gasteiger partial charge >= 0.3 is 0 Å². The Bertz CT molecular complexity index is 1910. The van der Waals surface area contributed by atoms with Crippen LogP contribution in [0.5, 0.6) is 11.5 Å². The fraction of sp³-hybridized carbons (Fsp3) is 0.194. The third-order valence-electron chi connectivity index (χ3n) is 7.29. The van der Waals surface area contributed by atoms with Gasteiger partial charge in [-0.15, -0.1) is 0 Å². The molecule has 0 radical (unpaired) electrons. The second kappa shape index (κ2) is 11.7. The maximum Gasteiger partial charge on any atom is 0.261 e. The molecule has 0 fully saturated rings. The van der Waals surface area contributed by atoms with Gasteiger partial charge in [0, 0.05) is 24.8 Å². The number of aromatic hydroxyl groups is 2. The van der Waals surface area contributed by atoms with Crippen LogP contribution >= 0.6 is 0 Å². The molecule has 4 aromatic carbocycles. The number of nitrogens with one attached hydrogen (secondary N) is 2. The van der Waals surface area contributed by atoms with Crippen molar-refractivity contribution in [2.24, 2.45) is 0 Å². The fourth-order valence-corrected chi connectivity index (χ4v) is 7.51. The number of para-hydroxylation sites is 1. The summed E-state index contributed by atoms with van der Waals surface area (Å²) in [6, 6.07) is 21.9. The Balaban J connectivity index is 1.35. The predicted molar refractivity (Wildman–Crippen MR) is 163 cm³/mol. The van der Waals surface area contributed by atoms with Crippen molar-refractivity contribution in [3.05, 3.63) is 107 Å². The van der Waals surface area contributed by atoms with E-state index in [1.165, 1.54) is 28.6 Å². The van der Waals surface area contributed by atoms with Crippen molar-refractivity contribution in [3.63, 3.8) is 0 Å². The molecule has 0 bridgehead atoms. The summed E-state index contributed by atoms with van der Waals surface area (Å²) in [5.74, 6) is -2.35. The highest BCUT2D eigenvalue weighted by Gasteiger charge is 2.31. The number of anilines is 2. The molecule has 4 N–H and O–H groups in total. The lowest BCUT2D eigenvalue weighted by atomic mass is 10.0. The van der Waals surface area contributed by atoms with Crippen LogP contribution in [0.1, 0.15) is 46.8 Å². The molecule has 5 rings (SSSR count). The lowest BCUT2D eigenvalue weighted by molar-refractivity contribution is 0.102. The highest BCUT2D eigenvalue weighted by Crippen LogP contribution is 2.35. The molecule has 1 aliphatic rings. The smallest absolute Gasteiger partial charge is 0.261 e. The van der Waals surface area contributed by atoms with Gasteiger partial charge in [0.2, 0.25) is 10.0 Å². The zero-order chi connectivity index (χ0) is 30.9. The highest BCUT2D eigenvalue weighted by atomic mass is 32.2. The van der Waals surface area contributed by atoms with Crippen molar-refractivity contribution in [1.82, 2.24) is 4.31 Å². The Kier molecular flexibility index (Phi) is 8.19. The first-order valence-corrected chi connectivity index (χ1v) is 16.4. The molecule has 4 aromatic rings. The van der Waals surface area contributed by atoms with Crippen LogP contribution in [0.2, 0.25) is 0 Å². The van der Waals surface area contributed by atoms with Crippen LogP contribution in [-0.2, 0) is 33.0 Å². The standard InChI is InChI=1S/C31H31N3O7S2/c1-20(2)26-9-5-6-10-28(26)33-42(38,39)24-13-11-23(12-14-24)32-31(37)27-17-25(18-29(35)30(27)36)43(40,41)34-16-15-21-7-3-4-8-22(21)19-34/h3-14,17-18,20,33,35-36H,15-16,19H2,1-2H3,(H,32,37). The van der Waals surface area contributed by atoms with Crippen LogP contribution in [0, 0.1) is 0 Å². The molecule has 0 atom stereocenters. The van der Waals surface area contributed by atoms with E-state index in [2.05, 4.69) is 10.0 Å². The molecule has 0 unspecified atom stereocenters. The van der Waals surface area contributed by atoms with Crippen LogP contribution in [0.15, 0.2) is 94.7 Å². The first-order chi connectivity index (χ1) is 20.4. The van der Waals surface area contributed by atoms with Crippen molar-refractivity contribution >= 4 is 37.3 Å². The van der Waals surface area contributed by atoms with E-state index in [0.717, 1.165) is 28.8 Å². The van der Waals surface area contributed by atoms with Gasteiger partial charge in [0.1, 0.15) is 0 Å². The molecule has 0 aliphatic carbocycles. The number of benzene rings is 4. The fourth-order valence-electron chi connectivity index (χ4n) is 4.95. The molecule has 1 amide bonds. The molecule has 1 heterocycles. The van der Waals surface area contributed by atoms with Crippen LogP contribution in [0.4, 0.5) is 11.4 Å². The summed E-state index contributed by atoms with van der Waals surface area (Å²) >= 11 is 0. The number of amides is 1. The van der Waals surface area contributed by atoms with Crippen molar-refractivity contribution in [2.45, 2.75) is 42.5 Å². The zero-order valence-corrected chi connectivity index (χ0v) is 25.1. The molecular weight excluding hydrogens is 590 g/mol. The molecule has 10 nitrogen and oxygen atoms in total. The molecule has 0 spiro atoms. The number of hydrogen-bond donors (Lipinski definition) is 4. The van der Waals surface area contributed by atoms with E-state index in [9.17, 15) is 31.8 Å². The van der Waals surface area contributed by atoms with Gasteiger partial charge in [-0.2, -0.15) is 4.31 Å². The SMILES string of the molecule is CC(C)c1ccccc1NS(=O)(=O)c1ccc(NC(=O)c2cc(S(=O)(=O)N3CCc4ccccc4C3)cc(O)c2O)cc1. The Morgan fingerprint density at radius 2 is 1.49 bits per heavy atom. The van der Waals surface area contributed by atoms with E-state index in [0.29, 0.717) is 12.1 Å². The maximum absolute atomic E-state index is 13.5. The highest BCUT2D eigenvalue weighted by molar-refractivity contribution is 7.92. The summed E-state index contributed by atoms with van der Waals surface area (Å²) in [5.41, 5.74) is 2.95. The Hall–Kier alpha value is -4.39. The number of carbonyl (C=O) groups excluding carboxylic acids is 1. The van der Waals surface area contributed by atoms with E-state index >= 15 is 0 Å². The monoisotopic (exact) mass is 621 g/mol. The van der Waals surface area contributed by atoms with Gasteiger partial charge in [0.15, 0.2) is 11.5 Å². The minimum absolute atomic E-state index is 0.0410. The number of nitrogens with zero attached hydrogens (tertiary/aromatic N) is 1. The first-order valence-electron chi connectivity index (χ1n) is 13.5. The summed E-state index contributed by atoms with van der Waals surface area (Å²) in [5, 5.41) is 23.3. The number of phenolic OH excluding ortho intramolecular Hbond substituents is 2. The number of hydrogen-bond acceptors (Lipinski definition) is 7. The molecule has 224 valence electrons. The van der Waals surface area contributed by atoms with Crippen LogP contribution in [0.3, 0.4) is 0 Å². The summed E-state index contributed by atoms with van der Waals surface area (Å²) < 4.78 is 56.8. The third-order valence-corrected chi connectivity index (χ3v) is 10.5. The second-order valence-electron chi connectivity index (χ2n) is 10.5. The van der Waals surface area contributed by atoms with Gasteiger partial charge in [0.25, 0.3) is 15.9 Å². The topological polar surface area (TPSA) is 153 Å². The number of sulfonamides is 2.